The van der Waals surface area contributed by atoms with Gasteiger partial charge < -0.3 is 90.0 Å². The lowest BCUT2D eigenvalue weighted by atomic mass is 10.0. The molecule has 0 radical (unpaired) electrons. The van der Waals surface area contributed by atoms with Crippen molar-refractivity contribution in [3.63, 3.8) is 0 Å². The molecule has 1 aliphatic heterocycles. The number of guanidine groups is 1. The van der Waals surface area contributed by atoms with E-state index in [1.807, 2.05) is 18.2 Å². The molecule has 0 aliphatic carbocycles. The number of aromatic amines is 3. The van der Waals surface area contributed by atoms with Gasteiger partial charge in [0.05, 0.1) is 31.0 Å². The molecule has 5 rings (SSSR count). The number of imidazole rings is 2. The first-order chi connectivity index (χ1) is 35.1. The third-order valence-electron chi connectivity index (χ3n) is 12.3. The topological polar surface area (TPSA) is 462 Å². The number of para-hydroxylation sites is 1. The Bertz CT molecular complexity index is 2580. The molecule has 0 bridgehead atoms. The van der Waals surface area contributed by atoms with Crippen molar-refractivity contribution in [1.82, 2.24) is 61.7 Å². The summed E-state index contributed by atoms with van der Waals surface area (Å²) in [5.74, 6) is -7.27. The van der Waals surface area contributed by atoms with E-state index in [2.05, 4.69) is 61.8 Å². The van der Waals surface area contributed by atoms with Crippen LogP contribution in [0, 0.1) is 0 Å². The lowest BCUT2D eigenvalue weighted by Gasteiger charge is -2.31. The maximum absolute atomic E-state index is 14.7. The maximum Gasteiger partial charge on any atom is 0.245 e. The van der Waals surface area contributed by atoms with Crippen LogP contribution in [0.1, 0.15) is 63.4 Å². The number of amides is 8. The van der Waals surface area contributed by atoms with E-state index >= 15 is 0 Å². The summed E-state index contributed by atoms with van der Waals surface area (Å²) in [4.78, 5) is 132. The van der Waals surface area contributed by atoms with Crippen LogP contribution in [0.5, 0.6) is 0 Å². The fourth-order valence-corrected chi connectivity index (χ4v) is 8.28. The summed E-state index contributed by atoms with van der Waals surface area (Å²) < 4.78 is 0. The average Bonchev–Trinajstić information content (AvgIpc) is 4.21. The van der Waals surface area contributed by atoms with Gasteiger partial charge in [-0.05, 0) is 58.1 Å². The molecule has 1 saturated heterocycles. The number of benzene rings is 1. The van der Waals surface area contributed by atoms with Crippen LogP contribution in [0.3, 0.4) is 0 Å². The summed E-state index contributed by atoms with van der Waals surface area (Å²) in [6.45, 7) is 3.84. The fraction of sp³-hybridized carbons (Fsp3) is 0.500. The number of nitrogens with zero attached hydrogens (tertiary/aromatic N) is 4. The first-order valence-electron chi connectivity index (χ1n) is 23.9. The zero-order valence-corrected chi connectivity index (χ0v) is 41.1. The minimum absolute atomic E-state index is 0.0391. The maximum atomic E-state index is 14.7. The number of fused-ring (bicyclic) bond motifs is 1. The molecule has 28 nitrogen and oxygen atoms in total. The third kappa shape index (κ3) is 15.8. The second-order valence-electron chi connectivity index (χ2n) is 18.1. The Morgan fingerprint density at radius 1 is 0.703 bits per heavy atom. The molecule has 402 valence electrons. The lowest BCUT2D eigenvalue weighted by Crippen LogP contribution is -2.62. The fourth-order valence-electron chi connectivity index (χ4n) is 8.28. The van der Waals surface area contributed by atoms with Crippen LogP contribution < -0.4 is 54.8 Å². The number of aromatic nitrogens is 5. The van der Waals surface area contributed by atoms with E-state index in [0.717, 1.165) is 10.9 Å². The van der Waals surface area contributed by atoms with E-state index in [0.29, 0.717) is 23.4 Å². The van der Waals surface area contributed by atoms with Gasteiger partial charge in [-0.25, -0.2) is 9.97 Å². The molecule has 74 heavy (non-hydrogen) atoms. The highest BCUT2D eigenvalue weighted by atomic mass is 16.3. The van der Waals surface area contributed by atoms with Crippen LogP contribution in [-0.2, 0) is 57.6 Å². The molecule has 0 spiro atoms. The monoisotopic (exact) mass is 1030 g/mol. The van der Waals surface area contributed by atoms with Crippen molar-refractivity contribution >= 4 is 64.1 Å². The van der Waals surface area contributed by atoms with E-state index < -0.39 is 114 Å². The average molecular weight is 1030 g/mol. The summed E-state index contributed by atoms with van der Waals surface area (Å²) in [6.07, 6.45) is 2.97. The Hall–Kier alpha value is -7.95. The van der Waals surface area contributed by atoms with Crippen LogP contribution >= 0.6 is 0 Å². The number of carbonyl (C=O) groups excluding carboxylic acids is 8. The minimum Gasteiger partial charge on any atom is -0.391 e. The van der Waals surface area contributed by atoms with E-state index in [1.165, 1.54) is 50.7 Å². The van der Waals surface area contributed by atoms with E-state index in [4.69, 9.17) is 22.9 Å². The highest BCUT2D eigenvalue weighted by molar-refractivity contribution is 5.98. The highest BCUT2D eigenvalue weighted by Crippen LogP contribution is 2.23. The van der Waals surface area contributed by atoms with Gasteiger partial charge in [0.2, 0.25) is 47.3 Å². The van der Waals surface area contributed by atoms with Crippen LogP contribution in [0.2, 0.25) is 0 Å². The lowest BCUT2D eigenvalue weighted by molar-refractivity contribution is -0.142. The molecule has 28 heteroatoms. The largest absolute Gasteiger partial charge is 0.391 e. The van der Waals surface area contributed by atoms with Crippen molar-refractivity contribution in [3.8, 4) is 0 Å². The SMILES string of the molecule is C[C@@H](O)[C@H](N)C(=O)N[C@H](C(=O)N[C@@H](Cc1cnc[nH]1)C(=O)N[C@@H](Cc1cnc[nH]1)C(=O)N[C@@H](CCCN=C(N)N)C(=O)N1CCC[C@H]1C(=O)N[C@@H](Cc1c[nH]c2ccccc12)C(=O)N[C@H](C(N)=O)[C@@H](C)O)[C@@H](C)O. The first-order valence-corrected chi connectivity index (χ1v) is 23.9. The molecule has 4 heterocycles. The minimum atomic E-state index is -1.65. The zero-order valence-electron chi connectivity index (χ0n) is 41.1. The van der Waals surface area contributed by atoms with Crippen molar-refractivity contribution in [3.05, 3.63) is 72.5 Å². The van der Waals surface area contributed by atoms with Gasteiger partial charge in [-0.3, -0.25) is 43.3 Å². The van der Waals surface area contributed by atoms with Crippen LogP contribution in [-0.4, -0.2) is 178 Å². The Labute approximate surface area is 424 Å². The predicted octanol–water partition coefficient (Wildman–Crippen LogP) is -5.45. The number of carbonyl (C=O) groups is 8. The van der Waals surface area contributed by atoms with Crippen molar-refractivity contribution in [1.29, 1.82) is 0 Å². The number of rotatable bonds is 27. The number of H-pyrrole nitrogens is 3. The zero-order chi connectivity index (χ0) is 54.2. The number of primary amides is 1. The Balaban J connectivity index is 1.40. The summed E-state index contributed by atoms with van der Waals surface area (Å²) >= 11 is 0. The number of aliphatic imine (C=N–C) groups is 1. The van der Waals surface area contributed by atoms with Crippen molar-refractivity contribution in [2.45, 2.75) is 132 Å². The second-order valence-corrected chi connectivity index (χ2v) is 18.1. The Kier molecular flexibility index (Phi) is 20.5. The highest BCUT2D eigenvalue weighted by Gasteiger charge is 2.41. The van der Waals surface area contributed by atoms with Gasteiger partial charge in [-0.2, -0.15) is 0 Å². The smallest absolute Gasteiger partial charge is 0.245 e. The first kappa shape index (κ1) is 57.0. The number of likely N-dealkylation sites (tertiary alicyclic amines) is 1. The quantitative estimate of drug-likeness (QED) is 0.0151. The molecular formula is C46H67N17O11. The summed E-state index contributed by atoms with van der Waals surface area (Å²) in [5.41, 5.74) is 24.5. The number of nitrogens with two attached hydrogens (primary N) is 4. The molecule has 0 saturated carbocycles. The standard InChI is InChI=1S/C46H67N17O11/c1-22(64)35(47)43(72)62-37(24(3)66)44(73)60-33(16-27-19-52-21-56-27)40(69)58-32(15-26-18-51-20-55-26)39(68)57-30(10-6-12-53-46(49)50)45(74)63-13-7-11-34(63)42(71)59-31(41(70)61-36(23(2)65)38(48)67)14-25-17-54-29-9-5-4-8-28(25)29/h4-5,8-9,17-24,30-37,54,64-66H,6-7,10-16,47H2,1-3H3,(H2,48,67)(H,51,55)(H,52,56)(H,57,68)(H,58,69)(H,59,71)(H,60,73)(H,61,70)(H,62,72)(H4,49,50,53)/t22-,23-,24-,30+,31+,32+,33+,34+,35+,36+,37+/m1/s1. The number of hydrogen-bond acceptors (Lipinski definition) is 15. The van der Waals surface area contributed by atoms with Gasteiger partial charge in [-0.1, -0.05) is 18.2 Å². The van der Waals surface area contributed by atoms with Gasteiger partial charge in [0, 0.05) is 73.2 Å². The van der Waals surface area contributed by atoms with Gasteiger partial charge in [-0.15, -0.1) is 0 Å². The van der Waals surface area contributed by atoms with Crippen molar-refractivity contribution < 1.29 is 53.7 Å². The van der Waals surface area contributed by atoms with E-state index in [-0.39, 0.29) is 57.6 Å². The van der Waals surface area contributed by atoms with Gasteiger partial charge in [0.25, 0.3) is 0 Å². The van der Waals surface area contributed by atoms with Gasteiger partial charge in [0.15, 0.2) is 5.96 Å². The molecule has 1 aromatic carbocycles. The van der Waals surface area contributed by atoms with Gasteiger partial charge in [0.1, 0.15) is 48.3 Å². The summed E-state index contributed by atoms with van der Waals surface area (Å²) in [7, 11) is 0. The number of aliphatic hydroxyl groups is 3. The molecule has 1 fully saturated rings. The van der Waals surface area contributed by atoms with Crippen LogP contribution in [0.4, 0.5) is 0 Å². The van der Waals surface area contributed by atoms with Gasteiger partial charge >= 0.3 is 0 Å². The molecule has 20 N–H and O–H groups in total. The Morgan fingerprint density at radius 3 is 1.81 bits per heavy atom. The molecule has 8 amide bonds. The normalized spacial score (nSPS) is 17.4. The number of hydrogen-bond donors (Lipinski definition) is 16. The molecule has 0 unspecified atom stereocenters. The van der Waals surface area contributed by atoms with Crippen LogP contribution in [0.15, 0.2) is 60.5 Å². The molecule has 3 aromatic heterocycles. The van der Waals surface area contributed by atoms with Crippen LogP contribution in [0.25, 0.3) is 10.9 Å². The molecule has 1 aliphatic rings. The Morgan fingerprint density at radius 2 is 1.26 bits per heavy atom. The number of nitrogens with one attached hydrogen (secondary N) is 9. The summed E-state index contributed by atoms with van der Waals surface area (Å²) in [6, 6.07) is -4.17. The van der Waals surface area contributed by atoms with Crippen molar-refractivity contribution in [2.24, 2.45) is 27.9 Å². The van der Waals surface area contributed by atoms with E-state index in [1.54, 1.807) is 12.3 Å². The number of aliphatic hydroxyl groups excluding tert-OH is 3. The third-order valence-corrected chi connectivity index (χ3v) is 12.3. The second kappa shape index (κ2) is 26.7. The molecule has 4 aromatic rings. The molecule has 11 atom stereocenters. The van der Waals surface area contributed by atoms with E-state index in [9.17, 15) is 53.7 Å². The summed E-state index contributed by atoms with van der Waals surface area (Å²) in [5, 5.41) is 46.7. The molecular weight excluding hydrogens is 967 g/mol. The van der Waals surface area contributed by atoms with Crippen molar-refractivity contribution in [2.75, 3.05) is 13.1 Å². The predicted molar refractivity (Wildman–Crippen MR) is 265 cm³/mol.